The third kappa shape index (κ3) is 2.33. The molecule has 2 aromatic rings. The number of fused-ring (bicyclic) bond motifs is 1. The molecule has 0 fully saturated rings. The van der Waals surface area contributed by atoms with Crippen LogP contribution in [0.5, 0.6) is 11.5 Å². The van der Waals surface area contributed by atoms with Gasteiger partial charge in [-0.25, -0.2) is 0 Å². The molecule has 0 aliphatic carbocycles. The fraction of sp³-hybridized carbons (Fsp3) is 0.143. The zero-order valence-corrected chi connectivity index (χ0v) is 10.8. The predicted molar refractivity (Wildman–Crippen MR) is 70.6 cm³/mol. The van der Waals surface area contributed by atoms with Gasteiger partial charge in [0.1, 0.15) is 0 Å². The van der Waals surface area contributed by atoms with Gasteiger partial charge in [-0.05, 0) is 24.6 Å². The summed E-state index contributed by atoms with van der Waals surface area (Å²) in [6, 6.07) is 17.6. The maximum Gasteiger partial charge on any atom is 0.463 e. The zero-order chi connectivity index (χ0) is 12.4. The summed E-state index contributed by atoms with van der Waals surface area (Å²) < 4.78 is 17.0. The van der Waals surface area contributed by atoms with Crippen molar-refractivity contribution in [3.05, 3.63) is 60.2 Å². The van der Waals surface area contributed by atoms with Gasteiger partial charge in [-0.1, -0.05) is 42.5 Å². The Labute approximate surface area is 107 Å². The summed E-state index contributed by atoms with van der Waals surface area (Å²) in [6.07, 6.45) is -0.0494. The molecule has 0 N–H and O–H groups in total. The third-order valence-electron chi connectivity index (χ3n) is 2.71. The van der Waals surface area contributed by atoms with Gasteiger partial charge in [0.05, 0.1) is 6.10 Å². The predicted octanol–water partition coefficient (Wildman–Crippen LogP) is 4.46. The van der Waals surface area contributed by atoms with Crippen molar-refractivity contribution >= 4 is 8.60 Å². The zero-order valence-electron chi connectivity index (χ0n) is 9.95. The second-order valence-corrected chi connectivity index (χ2v) is 5.03. The summed E-state index contributed by atoms with van der Waals surface area (Å²) in [4.78, 5) is 0. The van der Waals surface area contributed by atoms with Crippen LogP contribution in [0.1, 0.15) is 18.6 Å². The Morgan fingerprint density at radius 1 is 0.889 bits per heavy atom. The summed E-state index contributed by atoms with van der Waals surface area (Å²) in [5, 5.41) is 0. The van der Waals surface area contributed by atoms with E-state index >= 15 is 0 Å². The van der Waals surface area contributed by atoms with E-state index in [-0.39, 0.29) is 6.10 Å². The SMILES string of the molecule is CC(OP1Oc2ccccc2O1)c1ccccc1. The third-order valence-corrected chi connectivity index (χ3v) is 3.89. The van der Waals surface area contributed by atoms with Crippen LogP contribution in [0.4, 0.5) is 0 Å². The lowest BCUT2D eigenvalue weighted by molar-refractivity contribution is 0.207. The smallest absolute Gasteiger partial charge is 0.414 e. The summed E-state index contributed by atoms with van der Waals surface area (Å²) in [6.45, 7) is 1.99. The van der Waals surface area contributed by atoms with Gasteiger partial charge in [0.15, 0.2) is 11.5 Å². The summed E-state index contributed by atoms with van der Waals surface area (Å²) in [5.74, 6) is 1.51. The summed E-state index contributed by atoms with van der Waals surface area (Å²) in [7, 11) is -1.33. The highest BCUT2D eigenvalue weighted by atomic mass is 31.2. The lowest BCUT2D eigenvalue weighted by atomic mass is 10.1. The molecular formula is C14H13O3P. The lowest BCUT2D eigenvalue weighted by Crippen LogP contribution is -1.99. The van der Waals surface area contributed by atoms with E-state index in [1.807, 2.05) is 61.5 Å². The molecule has 1 atom stereocenters. The minimum Gasteiger partial charge on any atom is -0.414 e. The van der Waals surface area contributed by atoms with Crippen molar-refractivity contribution in [2.45, 2.75) is 13.0 Å². The maximum atomic E-state index is 5.80. The molecule has 0 amide bonds. The van der Waals surface area contributed by atoms with Gasteiger partial charge in [-0.3, -0.25) is 4.52 Å². The van der Waals surface area contributed by atoms with Crippen molar-refractivity contribution in [2.75, 3.05) is 0 Å². The van der Waals surface area contributed by atoms with Crippen molar-refractivity contribution in [1.29, 1.82) is 0 Å². The van der Waals surface area contributed by atoms with E-state index < -0.39 is 8.60 Å². The molecule has 0 bridgehead atoms. The van der Waals surface area contributed by atoms with Crippen molar-refractivity contribution in [2.24, 2.45) is 0 Å². The second kappa shape index (κ2) is 4.97. The number of benzene rings is 2. The van der Waals surface area contributed by atoms with Crippen molar-refractivity contribution in [1.82, 2.24) is 0 Å². The van der Waals surface area contributed by atoms with Crippen LogP contribution in [0.25, 0.3) is 0 Å². The van der Waals surface area contributed by atoms with Crippen LogP contribution in [-0.4, -0.2) is 0 Å². The van der Waals surface area contributed by atoms with Gasteiger partial charge in [0.2, 0.25) is 0 Å². The van der Waals surface area contributed by atoms with E-state index in [0.717, 1.165) is 17.1 Å². The average Bonchev–Trinajstić information content (AvgIpc) is 2.82. The van der Waals surface area contributed by atoms with Crippen LogP contribution in [0.2, 0.25) is 0 Å². The van der Waals surface area contributed by atoms with E-state index in [2.05, 4.69) is 0 Å². The first-order valence-electron chi connectivity index (χ1n) is 5.80. The molecule has 18 heavy (non-hydrogen) atoms. The maximum absolute atomic E-state index is 5.80. The molecule has 2 aromatic carbocycles. The van der Waals surface area contributed by atoms with Crippen molar-refractivity contribution in [3.8, 4) is 11.5 Å². The Hall–Kier alpha value is -1.57. The summed E-state index contributed by atoms with van der Waals surface area (Å²) in [5.41, 5.74) is 1.11. The first-order valence-corrected chi connectivity index (χ1v) is 6.89. The number of rotatable bonds is 3. The number of hydrogen-bond acceptors (Lipinski definition) is 3. The van der Waals surface area contributed by atoms with Gasteiger partial charge >= 0.3 is 8.60 Å². The molecule has 1 aliphatic rings. The minimum absolute atomic E-state index is 0.0494. The Balaban J connectivity index is 1.66. The van der Waals surface area contributed by atoms with Gasteiger partial charge < -0.3 is 9.05 Å². The largest absolute Gasteiger partial charge is 0.463 e. The monoisotopic (exact) mass is 260 g/mol. The Kier molecular flexibility index (Phi) is 3.18. The van der Waals surface area contributed by atoms with Crippen molar-refractivity contribution < 1.29 is 13.6 Å². The molecule has 3 nitrogen and oxygen atoms in total. The Morgan fingerprint density at radius 3 is 2.06 bits per heavy atom. The molecule has 0 radical (unpaired) electrons. The molecule has 1 heterocycles. The van der Waals surface area contributed by atoms with E-state index in [9.17, 15) is 0 Å². The molecule has 1 aliphatic heterocycles. The van der Waals surface area contributed by atoms with E-state index in [1.54, 1.807) is 0 Å². The van der Waals surface area contributed by atoms with Crippen LogP contribution in [0.15, 0.2) is 54.6 Å². The standard InChI is InChI=1S/C14H13O3P/c1-11(12-7-3-2-4-8-12)15-18-16-13-9-5-6-10-14(13)17-18/h2-11H,1H3. The highest BCUT2D eigenvalue weighted by Crippen LogP contribution is 2.54. The number of para-hydroxylation sites is 2. The second-order valence-electron chi connectivity index (χ2n) is 4.01. The highest BCUT2D eigenvalue weighted by Gasteiger charge is 2.29. The molecule has 0 spiro atoms. The highest BCUT2D eigenvalue weighted by molar-refractivity contribution is 7.43. The fourth-order valence-corrected chi connectivity index (χ4v) is 2.86. The first-order chi connectivity index (χ1) is 8.83. The van der Waals surface area contributed by atoms with Crippen molar-refractivity contribution in [3.63, 3.8) is 0 Å². The van der Waals surface area contributed by atoms with Gasteiger partial charge in [0.25, 0.3) is 0 Å². The van der Waals surface area contributed by atoms with Crippen LogP contribution < -0.4 is 9.05 Å². The topological polar surface area (TPSA) is 27.7 Å². The molecular weight excluding hydrogens is 247 g/mol. The molecule has 0 saturated carbocycles. The van der Waals surface area contributed by atoms with Gasteiger partial charge in [0, 0.05) is 0 Å². The summed E-state index contributed by atoms with van der Waals surface area (Å²) >= 11 is 0. The first kappa shape index (κ1) is 11.5. The Bertz CT molecular complexity index is 505. The molecule has 92 valence electrons. The normalized spacial score (nSPS) is 15.6. The van der Waals surface area contributed by atoms with Crippen LogP contribution >= 0.6 is 8.60 Å². The molecule has 3 rings (SSSR count). The number of hydrogen-bond donors (Lipinski definition) is 0. The Morgan fingerprint density at radius 2 is 1.44 bits per heavy atom. The van der Waals surface area contributed by atoms with Gasteiger partial charge in [-0.2, -0.15) is 0 Å². The lowest BCUT2D eigenvalue weighted by Gasteiger charge is -2.15. The van der Waals surface area contributed by atoms with Crippen LogP contribution in [-0.2, 0) is 4.52 Å². The van der Waals surface area contributed by atoms with Gasteiger partial charge in [-0.15, -0.1) is 0 Å². The van der Waals surface area contributed by atoms with E-state index in [0.29, 0.717) is 0 Å². The average molecular weight is 260 g/mol. The van der Waals surface area contributed by atoms with Crippen LogP contribution in [0, 0.1) is 0 Å². The molecule has 0 saturated heterocycles. The molecule has 4 heteroatoms. The van der Waals surface area contributed by atoms with E-state index in [4.69, 9.17) is 13.6 Å². The quantitative estimate of drug-likeness (QED) is 0.762. The minimum atomic E-state index is -1.33. The fourth-order valence-electron chi connectivity index (χ4n) is 1.74. The van der Waals surface area contributed by atoms with E-state index in [1.165, 1.54) is 0 Å². The molecule has 0 aromatic heterocycles. The van der Waals surface area contributed by atoms with Crippen LogP contribution in [0.3, 0.4) is 0 Å². The molecule has 1 unspecified atom stereocenters.